The number of carbonyl (C=O) groups excluding carboxylic acids is 1. The number of nitrogens with zero attached hydrogens (tertiary/aromatic N) is 1. The van der Waals surface area contributed by atoms with Gasteiger partial charge in [-0.15, -0.1) is 11.3 Å². The first-order valence-corrected chi connectivity index (χ1v) is 7.50. The second-order valence-corrected chi connectivity index (χ2v) is 6.17. The summed E-state index contributed by atoms with van der Waals surface area (Å²) in [7, 11) is 0. The number of ether oxygens (including phenoxy) is 3. The number of fused-ring (bicyclic) bond motifs is 1. The Morgan fingerprint density at radius 1 is 1.18 bits per heavy atom. The largest absolute Gasteiger partial charge is 0.454 e. The van der Waals surface area contributed by atoms with Crippen LogP contribution >= 0.6 is 11.3 Å². The fourth-order valence-corrected chi connectivity index (χ4v) is 3.04. The molecule has 3 heterocycles. The van der Waals surface area contributed by atoms with Crippen molar-refractivity contribution in [2.45, 2.75) is 6.92 Å². The molecule has 0 unspecified atom stereocenters. The number of rotatable bonds is 2. The number of cyclic esters (lactones) is 1. The van der Waals surface area contributed by atoms with Crippen LogP contribution in [0.4, 0.5) is 0 Å². The van der Waals surface area contributed by atoms with E-state index in [9.17, 15) is 4.79 Å². The number of carbonyl (C=O) groups is 1. The van der Waals surface area contributed by atoms with Gasteiger partial charge in [-0.3, -0.25) is 0 Å². The molecular weight excluding hydrogens is 302 g/mol. The van der Waals surface area contributed by atoms with Crippen LogP contribution in [0.2, 0.25) is 0 Å². The molecule has 0 amide bonds. The number of esters is 1. The van der Waals surface area contributed by atoms with Gasteiger partial charge in [-0.05, 0) is 43.3 Å². The molecular formula is C16H11NO4S. The molecule has 22 heavy (non-hydrogen) atoms. The van der Waals surface area contributed by atoms with Gasteiger partial charge >= 0.3 is 5.97 Å². The molecule has 0 saturated carbocycles. The molecule has 5 nitrogen and oxygen atoms in total. The second kappa shape index (κ2) is 4.99. The van der Waals surface area contributed by atoms with Crippen LogP contribution in [0.1, 0.15) is 15.3 Å². The third-order valence-corrected chi connectivity index (χ3v) is 4.23. The number of hydrogen-bond donors (Lipinski definition) is 0. The number of aryl methyl sites for hydroxylation is 1. The molecule has 1 aromatic carbocycles. The Morgan fingerprint density at radius 2 is 2.05 bits per heavy atom. The zero-order chi connectivity index (χ0) is 15.1. The van der Waals surface area contributed by atoms with Gasteiger partial charge in [0.25, 0.3) is 0 Å². The van der Waals surface area contributed by atoms with Crippen LogP contribution in [-0.2, 0) is 9.53 Å². The molecule has 0 saturated heterocycles. The predicted molar refractivity (Wildman–Crippen MR) is 82.2 cm³/mol. The summed E-state index contributed by atoms with van der Waals surface area (Å²) in [5.74, 6) is 1.14. The normalized spacial score (nSPS) is 17.8. The van der Waals surface area contributed by atoms with E-state index < -0.39 is 5.97 Å². The lowest BCUT2D eigenvalue weighted by atomic mass is 10.2. The molecule has 110 valence electrons. The summed E-state index contributed by atoms with van der Waals surface area (Å²) in [4.78, 5) is 18.4. The summed E-state index contributed by atoms with van der Waals surface area (Å²) < 4.78 is 15.8. The van der Waals surface area contributed by atoms with E-state index in [0.29, 0.717) is 22.8 Å². The molecule has 2 aromatic rings. The summed E-state index contributed by atoms with van der Waals surface area (Å²) in [5.41, 5.74) is 0.984. The van der Waals surface area contributed by atoms with Crippen molar-refractivity contribution in [1.82, 2.24) is 0 Å². The van der Waals surface area contributed by atoms with Crippen LogP contribution < -0.4 is 9.47 Å². The van der Waals surface area contributed by atoms with E-state index in [0.717, 1.165) is 4.88 Å². The Bertz CT molecular complexity index is 834. The standard InChI is InChI=1S/C16H11NO4S/c1-9-2-4-11(22-9)7-12-16(18)21-15(17-12)10-3-5-13-14(6-10)20-8-19-13/h2-7H,8H2,1H3. The Morgan fingerprint density at radius 3 is 2.86 bits per heavy atom. The Labute approximate surface area is 130 Å². The lowest BCUT2D eigenvalue weighted by molar-refractivity contribution is -0.129. The number of thiophene rings is 1. The first-order chi connectivity index (χ1) is 10.7. The van der Waals surface area contributed by atoms with Gasteiger partial charge in [0.05, 0.1) is 0 Å². The monoisotopic (exact) mass is 313 g/mol. The Balaban J connectivity index is 1.67. The highest BCUT2D eigenvalue weighted by Crippen LogP contribution is 2.33. The minimum atomic E-state index is -0.446. The van der Waals surface area contributed by atoms with Crippen molar-refractivity contribution in [2.75, 3.05) is 6.79 Å². The van der Waals surface area contributed by atoms with Crippen LogP contribution in [0.5, 0.6) is 11.5 Å². The van der Waals surface area contributed by atoms with E-state index >= 15 is 0 Å². The summed E-state index contributed by atoms with van der Waals surface area (Å²) in [5, 5.41) is 0. The highest BCUT2D eigenvalue weighted by molar-refractivity contribution is 7.12. The van der Waals surface area contributed by atoms with Gasteiger partial charge in [-0.2, -0.15) is 0 Å². The maximum atomic E-state index is 11.9. The zero-order valence-corrected chi connectivity index (χ0v) is 12.5. The van der Waals surface area contributed by atoms with E-state index in [1.54, 1.807) is 35.6 Å². The van der Waals surface area contributed by atoms with Crippen molar-refractivity contribution in [3.05, 3.63) is 51.3 Å². The average Bonchev–Trinajstić information content (AvgIpc) is 3.20. The maximum absolute atomic E-state index is 11.9. The minimum absolute atomic E-state index is 0.202. The van der Waals surface area contributed by atoms with Gasteiger partial charge in [0.1, 0.15) is 0 Å². The molecule has 0 atom stereocenters. The molecule has 2 aliphatic rings. The van der Waals surface area contributed by atoms with Crippen molar-refractivity contribution in [2.24, 2.45) is 4.99 Å². The smallest absolute Gasteiger partial charge is 0.363 e. The van der Waals surface area contributed by atoms with Crippen LogP contribution in [-0.4, -0.2) is 18.7 Å². The van der Waals surface area contributed by atoms with E-state index in [1.165, 1.54) is 4.88 Å². The molecule has 0 radical (unpaired) electrons. The van der Waals surface area contributed by atoms with Gasteiger partial charge in [-0.1, -0.05) is 0 Å². The van der Waals surface area contributed by atoms with Crippen molar-refractivity contribution in [3.63, 3.8) is 0 Å². The molecule has 0 aliphatic carbocycles. The lowest BCUT2D eigenvalue weighted by Gasteiger charge is -2.01. The number of benzene rings is 1. The number of hydrogen-bond acceptors (Lipinski definition) is 6. The minimum Gasteiger partial charge on any atom is -0.454 e. The molecule has 0 N–H and O–H groups in total. The number of aliphatic imine (C=N–C) groups is 1. The van der Waals surface area contributed by atoms with E-state index in [1.807, 2.05) is 19.1 Å². The molecule has 0 spiro atoms. The van der Waals surface area contributed by atoms with Crippen LogP contribution in [0.3, 0.4) is 0 Å². The van der Waals surface area contributed by atoms with Gasteiger partial charge in [0, 0.05) is 15.3 Å². The van der Waals surface area contributed by atoms with Crippen LogP contribution in [0.15, 0.2) is 41.0 Å². The van der Waals surface area contributed by atoms with Crippen molar-refractivity contribution >= 4 is 29.3 Å². The third kappa shape index (κ3) is 2.27. The highest BCUT2D eigenvalue weighted by atomic mass is 32.1. The first kappa shape index (κ1) is 13.1. The van der Waals surface area contributed by atoms with Gasteiger partial charge in [0.2, 0.25) is 12.7 Å². The second-order valence-electron chi connectivity index (χ2n) is 4.85. The summed E-state index contributed by atoms with van der Waals surface area (Å²) in [6, 6.07) is 9.27. The molecule has 1 aromatic heterocycles. The van der Waals surface area contributed by atoms with Crippen molar-refractivity contribution in [3.8, 4) is 11.5 Å². The van der Waals surface area contributed by atoms with Gasteiger partial charge in [0.15, 0.2) is 17.2 Å². The zero-order valence-electron chi connectivity index (χ0n) is 11.7. The fraction of sp³-hybridized carbons (Fsp3) is 0.125. The molecule has 4 rings (SSSR count). The molecule has 0 fully saturated rings. The van der Waals surface area contributed by atoms with Crippen LogP contribution in [0, 0.1) is 6.92 Å². The van der Waals surface area contributed by atoms with E-state index in [2.05, 4.69) is 4.99 Å². The highest BCUT2D eigenvalue weighted by Gasteiger charge is 2.26. The third-order valence-electron chi connectivity index (χ3n) is 3.28. The van der Waals surface area contributed by atoms with E-state index in [4.69, 9.17) is 14.2 Å². The topological polar surface area (TPSA) is 57.1 Å². The van der Waals surface area contributed by atoms with Gasteiger partial charge in [-0.25, -0.2) is 9.79 Å². The van der Waals surface area contributed by atoms with Crippen molar-refractivity contribution < 1.29 is 19.0 Å². The van der Waals surface area contributed by atoms with E-state index in [-0.39, 0.29) is 12.7 Å². The first-order valence-electron chi connectivity index (χ1n) is 6.68. The quantitative estimate of drug-likeness (QED) is 0.631. The summed E-state index contributed by atoms with van der Waals surface area (Å²) in [6.45, 7) is 2.22. The summed E-state index contributed by atoms with van der Waals surface area (Å²) in [6.07, 6.45) is 1.74. The lowest BCUT2D eigenvalue weighted by Crippen LogP contribution is -2.05. The Kier molecular flexibility index (Phi) is 2.97. The maximum Gasteiger partial charge on any atom is 0.363 e. The molecule has 2 aliphatic heterocycles. The van der Waals surface area contributed by atoms with Gasteiger partial charge < -0.3 is 14.2 Å². The SMILES string of the molecule is Cc1ccc(C=C2N=C(c3ccc4c(c3)OCO4)OC2=O)s1. The summed E-state index contributed by atoms with van der Waals surface area (Å²) >= 11 is 1.60. The molecule has 0 bridgehead atoms. The molecule has 6 heteroatoms. The average molecular weight is 313 g/mol. The predicted octanol–water partition coefficient (Wildman–Crippen LogP) is 3.13. The van der Waals surface area contributed by atoms with Crippen molar-refractivity contribution in [1.29, 1.82) is 0 Å². The van der Waals surface area contributed by atoms with Crippen LogP contribution in [0.25, 0.3) is 6.08 Å². The fourth-order valence-electron chi connectivity index (χ4n) is 2.23. The Hall–Kier alpha value is -2.60.